The lowest BCUT2D eigenvalue weighted by molar-refractivity contribution is 0.0956. The van der Waals surface area contributed by atoms with Crippen molar-refractivity contribution >= 4 is 57.1 Å². The van der Waals surface area contributed by atoms with Gasteiger partial charge in [-0.2, -0.15) is 5.10 Å². The highest BCUT2D eigenvalue weighted by atomic mass is 35.5. The number of amides is 1. The number of aryl methyl sites for hydroxylation is 2. The molecule has 208 valence electrons. The normalized spacial score (nSPS) is 11.5. The number of carbonyl (C=O) groups excluding carboxylic acids is 1. The van der Waals surface area contributed by atoms with Crippen LogP contribution in [0, 0.1) is 20.8 Å². The van der Waals surface area contributed by atoms with Gasteiger partial charge in [-0.05, 0) is 80.9 Å². The number of pyridine rings is 1. The van der Waals surface area contributed by atoms with E-state index in [0.717, 1.165) is 55.3 Å². The second-order valence-electron chi connectivity index (χ2n) is 10.5. The smallest absolute Gasteiger partial charge is 0.272 e. The van der Waals surface area contributed by atoms with E-state index in [-0.39, 0.29) is 5.91 Å². The Balaban J connectivity index is 1.35. The van der Waals surface area contributed by atoms with E-state index in [1.807, 2.05) is 79.7 Å². The van der Waals surface area contributed by atoms with E-state index < -0.39 is 0 Å². The van der Waals surface area contributed by atoms with Crippen LogP contribution in [0.2, 0.25) is 10.0 Å². The van der Waals surface area contributed by atoms with E-state index >= 15 is 0 Å². The summed E-state index contributed by atoms with van der Waals surface area (Å²) in [4.78, 5) is 18.4. The number of fused-ring (bicyclic) bond motifs is 2. The lowest BCUT2D eigenvalue weighted by atomic mass is 10.0. The van der Waals surface area contributed by atoms with Crippen molar-refractivity contribution in [2.75, 3.05) is 0 Å². The molecule has 0 aliphatic rings. The molecule has 0 fully saturated rings. The zero-order valence-electron chi connectivity index (χ0n) is 23.5. The van der Waals surface area contributed by atoms with Crippen LogP contribution in [-0.4, -0.2) is 21.7 Å². The maximum atomic E-state index is 13.6. The molecule has 0 unspecified atom stereocenters. The van der Waals surface area contributed by atoms with Crippen LogP contribution in [0.1, 0.15) is 38.3 Å². The first-order valence-corrected chi connectivity index (χ1v) is 14.4. The predicted molar refractivity (Wildman–Crippen MR) is 174 cm³/mol. The third-order valence-corrected chi connectivity index (χ3v) is 7.99. The van der Waals surface area contributed by atoms with Gasteiger partial charge in [0.1, 0.15) is 0 Å². The summed E-state index contributed by atoms with van der Waals surface area (Å²) in [5.41, 5.74) is 12.0. The third-order valence-electron chi connectivity index (χ3n) is 7.49. The van der Waals surface area contributed by atoms with Crippen LogP contribution < -0.4 is 5.43 Å². The third kappa shape index (κ3) is 5.54. The molecule has 4 aromatic carbocycles. The molecule has 6 aromatic rings. The molecule has 42 heavy (non-hydrogen) atoms. The topological polar surface area (TPSA) is 59.3 Å². The van der Waals surface area contributed by atoms with Crippen molar-refractivity contribution in [2.24, 2.45) is 5.10 Å². The van der Waals surface area contributed by atoms with Crippen LogP contribution in [0.15, 0.2) is 96.1 Å². The molecule has 0 spiro atoms. The lowest BCUT2D eigenvalue weighted by Crippen LogP contribution is -2.18. The first-order valence-electron chi connectivity index (χ1n) is 13.6. The van der Waals surface area contributed by atoms with Crippen molar-refractivity contribution in [3.05, 3.63) is 135 Å². The van der Waals surface area contributed by atoms with Gasteiger partial charge < -0.3 is 4.57 Å². The highest BCUT2D eigenvalue weighted by Crippen LogP contribution is 2.29. The van der Waals surface area contributed by atoms with Crippen LogP contribution in [0.5, 0.6) is 0 Å². The summed E-state index contributed by atoms with van der Waals surface area (Å²) >= 11 is 12.2. The van der Waals surface area contributed by atoms with Gasteiger partial charge in [-0.25, -0.2) is 10.4 Å². The van der Waals surface area contributed by atoms with E-state index in [1.165, 1.54) is 0 Å². The number of aromatic nitrogens is 2. The number of benzene rings is 4. The van der Waals surface area contributed by atoms with E-state index in [1.54, 1.807) is 6.21 Å². The fourth-order valence-corrected chi connectivity index (χ4v) is 5.52. The molecule has 0 aliphatic carbocycles. The number of nitrogens with zero attached hydrogens (tertiary/aromatic N) is 3. The Bertz CT molecular complexity index is 1990. The molecule has 2 aromatic heterocycles. The lowest BCUT2D eigenvalue weighted by Gasteiger charge is -2.10. The SMILES string of the molecule is Cc1ccc2nc(-c3ccc(Cl)cc3)cc(C(=O)N/N=C/c3c(C)n(Cc4ccc(Cl)cc4)c4ccc(C)cc34)c2c1. The summed E-state index contributed by atoms with van der Waals surface area (Å²) in [6.45, 7) is 6.84. The van der Waals surface area contributed by atoms with Gasteiger partial charge in [-0.15, -0.1) is 0 Å². The molecule has 0 saturated heterocycles. The Morgan fingerprint density at radius 2 is 1.48 bits per heavy atom. The molecule has 0 radical (unpaired) electrons. The number of rotatable bonds is 6. The zero-order valence-corrected chi connectivity index (χ0v) is 25.0. The Hall–Kier alpha value is -4.45. The van der Waals surface area contributed by atoms with Crippen LogP contribution in [0.4, 0.5) is 0 Å². The van der Waals surface area contributed by atoms with Crippen molar-refractivity contribution in [2.45, 2.75) is 27.3 Å². The van der Waals surface area contributed by atoms with Gasteiger partial charge in [0.2, 0.25) is 0 Å². The molecular formula is C35H28Cl2N4O. The molecule has 0 saturated carbocycles. The predicted octanol–water partition coefficient (Wildman–Crippen LogP) is 8.90. The summed E-state index contributed by atoms with van der Waals surface area (Å²) in [5.74, 6) is -0.307. The van der Waals surface area contributed by atoms with E-state index in [4.69, 9.17) is 28.2 Å². The van der Waals surface area contributed by atoms with Gasteiger partial charge in [-0.1, -0.05) is 70.7 Å². The van der Waals surface area contributed by atoms with Crippen LogP contribution >= 0.6 is 23.2 Å². The summed E-state index contributed by atoms with van der Waals surface area (Å²) in [5, 5.41) is 7.64. The molecule has 7 heteroatoms. The Labute approximate surface area is 254 Å². The first-order chi connectivity index (χ1) is 20.3. The van der Waals surface area contributed by atoms with Crippen molar-refractivity contribution in [3.63, 3.8) is 0 Å². The number of halogens is 2. The van der Waals surface area contributed by atoms with Crippen molar-refractivity contribution in [1.29, 1.82) is 0 Å². The molecule has 2 heterocycles. The molecule has 0 bridgehead atoms. The van der Waals surface area contributed by atoms with E-state index in [2.05, 4.69) is 47.1 Å². The quantitative estimate of drug-likeness (QED) is 0.155. The monoisotopic (exact) mass is 590 g/mol. The minimum Gasteiger partial charge on any atom is -0.340 e. The Kier molecular flexibility index (Phi) is 7.55. The van der Waals surface area contributed by atoms with Crippen LogP contribution in [0.3, 0.4) is 0 Å². The second-order valence-corrected chi connectivity index (χ2v) is 11.4. The Morgan fingerprint density at radius 1 is 0.833 bits per heavy atom. The summed E-state index contributed by atoms with van der Waals surface area (Å²) in [6.07, 6.45) is 1.74. The summed E-state index contributed by atoms with van der Waals surface area (Å²) in [7, 11) is 0. The average molecular weight is 592 g/mol. The van der Waals surface area contributed by atoms with Gasteiger partial charge in [0.05, 0.1) is 23.0 Å². The van der Waals surface area contributed by atoms with Crippen molar-refractivity contribution in [1.82, 2.24) is 15.0 Å². The molecule has 0 atom stereocenters. The molecule has 6 rings (SSSR count). The maximum absolute atomic E-state index is 13.6. The maximum Gasteiger partial charge on any atom is 0.272 e. The summed E-state index contributed by atoms with van der Waals surface area (Å²) in [6, 6.07) is 29.4. The number of carbonyl (C=O) groups is 1. The van der Waals surface area contributed by atoms with E-state index in [9.17, 15) is 4.79 Å². The van der Waals surface area contributed by atoms with Gasteiger partial charge in [0.25, 0.3) is 5.91 Å². The van der Waals surface area contributed by atoms with Crippen molar-refractivity contribution in [3.8, 4) is 11.3 Å². The number of hydrogen-bond acceptors (Lipinski definition) is 3. The van der Waals surface area contributed by atoms with Gasteiger partial charge in [0, 0.05) is 49.7 Å². The van der Waals surface area contributed by atoms with E-state index in [0.29, 0.717) is 27.8 Å². The summed E-state index contributed by atoms with van der Waals surface area (Å²) < 4.78 is 2.26. The first kappa shape index (κ1) is 27.7. The minimum atomic E-state index is -0.307. The van der Waals surface area contributed by atoms with Crippen molar-refractivity contribution < 1.29 is 4.79 Å². The number of hydrazone groups is 1. The molecular weight excluding hydrogens is 563 g/mol. The minimum absolute atomic E-state index is 0.307. The zero-order chi connectivity index (χ0) is 29.4. The van der Waals surface area contributed by atoms with Gasteiger partial charge in [0.15, 0.2) is 0 Å². The fraction of sp³-hybridized carbons (Fsp3) is 0.114. The highest BCUT2D eigenvalue weighted by Gasteiger charge is 2.16. The second kappa shape index (κ2) is 11.4. The van der Waals surface area contributed by atoms with Crippen LogP contribution in [0.25, 0.3) is 33.1 Å². The standard InChI is InChI=1S/C35H28Cl2N4O/c1-21-4-14-32-28(16-21)30(18-33(39-32)25-8-12-27(37)13-9-25)35(42)40-38-19-31-23(3)41(20-24-6-10-26(36)11-7-24)34-15-5-22(2)17-29(31)34/h4-19H,20H2,1-3H3,(H,40,42)/b38-19+. The molecule has 5 nitrogen and oxygen atoms in total. The Morgan fingerprint density at radius 3 is 2.19 bits per heavy atom. The van der Waals surface area contributed by atoms with Gasteiger partial charge >= 0.3 is 0 Å². The van der Waals surface area contributed by atoms with Gasteiger partial charge in [-0.3, -0.25) is 4.79 Å². The fourth-order valence-electron chi connectivity index (χ4n) is 5.27. The highest BCUT2D eigenvalue weighted by molar-refractivity contribution is 6.30. The largest absolute Gasteiger partial charge is 0.340 e. The van der Waals surface area contributed by atoms with Crippen LogP contribution in [-0.2, 0) is 6.54 Å². The molecule has 0 aliphatic heterocycles. The average Bonchev–Trinajstić information content (AvgIpc) is 3.23. The number of hydrogen-bond donors (Lipinski definition) is 1. The molecule has 1 amide bonds. The molecule has 1 N–H and O–H groups in total. The number of nitrogens with one attached hydrogen (secondary N) is 1.